The van der Waals surface area contributed by atoms with Crippen molar-refractivity contribution in [2.75, 3.05) is 33.4 Å². The van der Waals surface area contributed by atoms with Gasteiger partial charge in [-0.05, 0) is 54.1 Å². The van der Waals surface area contributed by atoms with Crippen LogP contribution in [0.1, 0.15) is 23.5 Å². The third-order valence-electron chi connectivity index (χ3n) is 7.25. The zero-order valence-electron chi connectivity index (χ0n) is 24.0. The monoisotopic (exact) mass is 624 g/mol. The maximum Gasteiger partial charge on any atom is 0.286 e. The van der Waals surface area contributed by atoms with Crippen LogP contribution in [0.25, 0.3) is 11.0 Å². The van der Waals surface area contributed by atoms with E-state index in [0.717, 1.165) is 15.3 Å². The number of furan rings is 1. The van der Waals surface area contributed by atoms with E-state index >= 15 is 0 Å². The van der Waals surface area contributed by atoms with Crippen molar-refractivity contribution < 1.29 is 41.3 Å². The number of methoxy groups -OCH3 is 1. The molecule has 1 amide bonds. The molecule has 3 aromatic carbocycles. The number of benzene rings is 3. The van der Waals surface area contributed by atoms with E-state index in [1.165, 1.54) is 31.4 Å². The molecule has 1 aliphatic heterocycles. The number of sulfonamides is 1. The van der Waals surface area contributed by atoms with Crippen LogP contribution in [-0.2, 0) is 30.8 Å². The Bertz CT molecular complexity index is 1700. The molecule has 0 bridgehead atoms. The summed E-state index contributed by atoms with van der Waals surface area (Å²) in [6, 6.07) is 19.3. The van der Waals surface area contributed by atoms with E-state index in [4.69, 9.17) is 18.6 Å². The lowest BCUT2D eigenvalue weighted by Crippen LogP contribution is -2.38. The second-order valence-electron chi connectivity index (χ2n) is 10.1. The summed E-state index contributed by atoms with van der Waals surface area (Å²) < 4.78 is 63.8. The summed E-state index contributed by atoms with van der Waals surface area (Å²) in [5.74, 6) is -0.606. The molecule has 1 aromatic heterocycles. The lowest BCUT2D eigenvalue weighted by atomic mass is 9.92. The number of para-hydroxylation sites is 1. The van der Waals surface area contributed by atoms with Gasteiger partial charge in [0.15, 0.2) is 5.76 Å². The molecular formula is C32H33FN2O8S. The van der Waals surface area contributed by atoms with Gasteiger partial charge in [0, 0.05) is 42.9 Å². The Morgan fingerprint density at radius 2 is 1.82 bits per heavy atom. The normalized spacial score (nSPS) is 16.9. The number of halogens is 1. The molecule has 2 atom stereocenters. The van der Waals surface area contributed by atoms with Crippen molar-refractivity contribution in [2.45, 2.75) is 30.1 Å². The molecule has 232 valence electrons. The second kappa shape index (κ2) is 14.0. The van der Waals surface area contributed by atoms with Gasteiger partial charge in [0.1, 0.15) is 17.1 Å². The standard InChI is InChI=1S/C32H33FN2O8S/c1-40-25-10-12-26(13-11-25)44(38,39)35(14-16-36)15-17-41-31-19-23(28-21-42-29-5-3-2-4-27(28)29)18-30(43-31)32(37)34-20-22-6-8-24(33)9-7-22/h2-13,18,21,23,31,36H,14-17,19-20H2,1H3,(H,34,37)/t23-,31+/m1/s1. The first-order valence-electron chi connectivity index (χ1n) is 14.0. The molecule has 0 fully saturated rings. The zero-order chi connectivity index (χ0) is 31.1. The van der Waals surface area contributed by atoms with E-state index in [0.29, 0.717) is 23.3 Å². The first-order valence-corrected chi connectivity index (χ1v) is 15.5. The lowest BCUT2D eigenvalue weighted by Gasteiger charge is -2.30. The van der Waals surface area contributed by atoms with Crippen molar-refractivity contribution >= 4 is 26.9 Å². The molecule has 0 unspecified atom stereocenters. The van der Waals surface area contributed by atoms with Crippen LogP contribution in [0.5, 0.6) is 5.75 Å². The van der Waals surface area contributed by atoms with Crippen molar-refractivity contribution in [3.63, 3.8) is 0 Å². The predicted octanol–water partition coefficient (Wildman–Crippen LogP) is 4.31. The number of hydrogen-bond donors (Lipinski definition) is 2. The Morgan fingerprint density at radius 3 is 2.55 bits per heavy atom. The van der Waals surface area contributed by atoms with Crippen LogP contribution in [0.4, 0.5) is 4.39 Å². The fraction of sp³-hybridized carbons (Fsp3) is 0.281. The number of rotatable bonds is 13. The van der Waals surface area contributed by atoms with Gasteiger partial charge in [0.05, 0.1) is 31.5 Å². The van der Waals surface area contributed by atoms with E-state index in [1.807, 2.05) is 24.3 Å². The number of fused-ring (bicyclic) bond motifs is 1. The van der Waals surface area contributed by atoms with Crippen LogP contribution in [0.15, 0.2) is 100 Å². The molecule has 2 heterocycles. The van der Waals surface area contributed by atoms with Crippen molar-refractivity contribution in [2.24, 2.45) is 0 Å². The topological polar surface area (TPSA) is 128 Å². The summed E-state index contributed by atoms with van der Waals surface area (Å²) in [5.41, 5.74) is 2.26. The molecule has 0 radical (unpaired) electrons. The van der Waals surface area contributed by atoms with Crippen LogP contribution in [-0.4, -0.2) is 63.4 Å². The van der Waals surface area contributed by atoms with E-state index in [9.17, 15) is 22.7 Å². The second-order valence-corrected chi connectivity index (χ2v) is 12.0. The van der Waals surface area contributed by atoms with Crippen LogP contribution >= 0.6 is 0 Å². The third-order valence-corrected chi connectivity index (χ3v) is 9.16. The number of aliphatic hydroxyl groups is 1. The van der Waals surface area contributed by atoms with Crippen LogP contribution in [0.3, 0.4) is 0 Å². The van der Waals surface area contributed by atoms with Gasteiger partial charge in [-0.2, -0.15) is 4.31 Å². The van der Waals surface area contributed by atoms with Gasteiger partial charge in [-0.3, -0.25) is 4.79 Å². The maximum absolute atomic E-state index is 13.3. The minimum absolute atomic E-state index is 0.0386. The van der Waals surface area contributed by atoms with Crippen LogP contribution in [0.2, 0.25) is 0 Å². The Morgan fingerprint density at radius 1 is 1.07 bits per heavy atom. The Balaban J connectivity index is 1.30. The molecule has 12 heteroatoms. The highest BCUT2D eigenvalue weighted by Crippen LogP contribution is 2.36. The Labute approximate surface area is 254 Å². The molecule has 0 saturated heterocycles. The average Bonchev–Trinajstić information content (AvgIpc) is 3.48. The van der Waals surface area contributed by atoms with E-state index in [2.05, 4.69) is 5.32 Å². The summed E-state index contributed by atoms with van der Waals surface area (Å²) in [6.45, 7) is -0.493. The fourth-order valence-corrected chi connectivity index (χ4v) is 6.35. The molecule has 0 aliphatic carbocycles. The highest BCUT2D eigenvalue weighted by atomic mass is 32.2. The van der Waals surface area contributed by atoms with Gasteiger partial charge in [0.2, 0.25) is 16.3 Å². The maximum atomic E-state index is 13.3. The third kappa shape index (κ3) is 7.28. The van der Waals surface area contributed by atoms with E-state index in [1.54, 1.807) is 36.6 Å². The minimum atomic E-state index is -3.94. The average molecular weight is 625 g/mol. The number of ether oxygens (including phenoxy) is 3. The quantitative estimate of drug-likeness (QED) is 0.225. The molecule has 5 rings (SSSR count). The summed E-state index contributed by atoms with van der Waals surface area (Å²) in [6.07, 6.45) is 2.81. The Hall–Kier alpha value is -4.23. The summed E-state index contributed by atoms with van der Waals surface area (Å²) in [4.78, 5) is 13.2. The number of amides is 1. The Kier molecular flexibility index (Phi) is 9.95. The van der Waals surface area contributed by atoms with Gasteiger partial charge in [-0.1, -0.05) is 30.3 Å². The molecular weight excluding hydrogens is 591 g/mol. The molecule has 10 nitrogen and oxygen atoms in total. The number of nitrogens with zero attached hydrogens (tertiary/aromatic N) is 1. The van der Waals surface area contributed by atoms with Gasteiger partial charge < -0.3 is 29.1 Å². The summed E-state index contributed by atoms with van der Waals surface area (Å²) in [5, 5.41) is 13.3. The lowest BCUT2D eigenvalue weighted by molar-refractivity contribution is -0.146. The van der Waals surface area contributed by atoms with Crippen molar-refractivity contribution in [3.05, 3.63) is 108 Å². The SMILES string of the molecule is COc1ccc(S(=O)(=O)N(CCO)CCO[C@@H]2C[C@H](c3coc4ccccc34)C=C(C(=O)NCc3ccc(F)cc3)O2)cc1. The largest absolute Gasteiger partial charge is 0.497 e. The minimum Gasteiger partial charge on any atom is -0.497 e. The molecule has 0 spiro atoms. The molecule has 2 N–H and O–H groups in total. The number of nitrogens with one attached hydrogen (secondary N) is 1. The molecule has 44 heavy (non-hydrogen) atoms. The highest BCUT2D eigenvalue weighted by molar-refractivity contribution is 7.89. The number of allylic oxidation sites excluding steroid dienone is 1. The van der Waals surface area contributed by atoms with Crippen molar-refractivity contribution in [1.82, 2.24) is 9.62 Å². The number of carbonyl (C=O) groups excluding carboxylic acids is 1. The molecule has 1 aliphatic rings. The van der Waals surface area contributed by atoms with Crippen molar-refractivity contribution in [3.8, 4) is 5.75 Å². The van der Waals surface area contributed by atoms with Gasteiger partial charge in [-0.15, -0.1) is 0 Å². The number of hydrogen-bond acceptors (Lipinski definition) is 8. The zero-order valence-corrected chi connectivity index (χ0v) is 24.8. The van der Waals surface area contributed by atoms with Crippen LogP contribution < -0.4 is 10.1 Å². The van der Waals surface area contributed by atoms with Gasteiger partial charge in [-0.25, -0.2) is 12.8 Å². The highest BCUT2D eigenvalue weighted by Gasteiger charge is 2.31. The number of aliphatic hydroxyl groups excluding tert-OH is 1. The van der Waals surface area contributed by atoms with Gasteiger partial charge >= 0.3 is 0 Å². The predicted molar refractivity (Wildman–Crippen MR) is 160 cm³/mol. The first kappa shape index (κ1) is 31.2. The van der Waals surface area contributed by atoms with Crippen molar-refractivity contribution in [1.29, 1.82) is 0 Å². The first-order chi connectivity index (χ1) is 21.3. The fourth-order valence-electron chi connectivity index (χ4n) is 4.94. The smallest absolute Gasteiger partial charge is 0.286 e. The van der Waals surface area contributed by atoms with E-state index < -0.39 is 22.2 Å². The van der Waals surface area contributed by atoms with E-state index in [-0.39, 0.29) is 55.2 Å². The molecule has 0 saturated carbocycles. The van der Waals surface area contributed by atoms with Crippen LogP contribution in [0, 0.1) is 5.82 Å². The number of carbonyl (C=O) groups is 1. The molecule has 4 aromatic rings. The summed E-state index contributed by atoms with van der Waals surface area (Å²) in [7, 11) is -2.45. The van der Waals surface area contributed by atoms with Gasteiger partial charge in [0.25, 0.3) is 5.91 Å². The summed E-state index contributed by atoms with van der Waals surface area (Å²) >= 11 is 0.